The second-order valence-corrected chi connectivity index (χ2v) is 5.93. The zero-order valence-corrected chi connectivity index (χ0v) is 10.9. The summed E-state index contributed by atoms with van der Waals surface area (Å²) >= 11 is 0. The van der Waals surface area contributed by atoms with Crippen molar-refractivity contribution < 1.29 is 9.84 Å². The first-order valence-electron chi connectivity index (χ1n) is 6.42. The summed E-state index contributed by atoms with van der Waals surface area (Å²) in [5.41, 5.74) is 1.47. The van der Waals surface area contributed by atoms with Crippen LogP contribution in [0.1, 0.15) is 45.6 Å². The van der Waals surface area contributed by atoms with E-state index >= 15 is 0 Å². The Bertz CT molecular complexity index is 362. The fourth-order valence-corrected chi connectivity index (χ4v) is 2.25. The van der Waals surface area contributed by atoms with Gasteiger partial charge in [-0.25, -0.2) is 0 Å². The Kier molecular flexibility index (Phi) is 3.43. The molecule has 1 aliphatic rings. The van der Waals surface area contributed by atoms with Crippen LogP contribution in [0.4, 0.5) is 0 Å². The molecule has 2 atom stereocenters. The van der Waals surface area contributed by atoms with Crippen LogP contribution >= 0.6 is 0 Å². The van der Waals surface area contributed by atoms with Crippen molar-refractivity contribution in [1.29, 1.82) is 0 Å². The Morgan fingerprint density at radius 2 is 1.76 bits per heavy atom. The highest BCUT2D eigenvalue weighted by atomic mass is 16.5. The van der Waals surface area contributed by atoms with Gasteiger partial charge in [-0.1, -0.05) is 32.9 Å². The molecular weight excluding hydrogens is 212 g/mol. The maximum atomic E-state index is 9.71. The van der Waals surface area contributed by atoms with E-state index in [-0.39, 0.29) is 17.6 Å². The summed E-state index contributed by atoms with van der Waals surface area (Å²) in [6.07, 6.45) is 2.58. The van der Waals surface area contributed by atoms with E-state index in [2.05, 4.69) is 32.9 Å². The van der Waals surface area contributed by atoms with E-state index < -0.39 is 0 Å². The number of ether oxygens (including phenoxy) is 1. The van der Waals surface area contributed by atoms with Gasteiger partial charge in [0.2, 0.25) is 0 Å². The number of aliphatic hydroxyl groups excluding tert-OH is 1. The summed E-state index contributed by atoms with van der Waals surface area (Å²) in [4.78, 5) is 0. The molecule has 2 unspecified atom stereocenters. The van der Waals surface area contributed by atoms with Gasteiger partial charge in [0.15, 0.2) is 0 Å². The van der Waals surface area contributed by atoms with Crippen LogP contribution in [0.15, 0.2) is 24.3 Å². The van der Waals surface area contributed by atoms with E-state index in [1.54, 1.807) is 0 Å². The number of hydrogen-bond acceptors (Lipinski definition) is 2. The first-order valence-corrected chi connectivity index (χ1v) is 6.42. The van der Waals surface area contributed by atoms with Crippen molar-refractivity contribution in [3.05, 3.63) is 29.8 Å². The van der Waals surface area contributed by atoms with Crippen molar-refractivity contribution in [2.45, 2.75) is 57.7 Å². The molecule has 1 aromatic carbocycles. The van der Waals surface area contributed by atoms with Crippen LogP contribution in [0.25, 0.3) is 0 Å². The summed E-state index contributed by atoms with van der Waals surface area (Å²) in [5, 5.41) is 9.71. The van der Waals surface area contributed by atoms with E-state index in [0.29, 0.717) is 0 Å². The van der Waals surface area contributed by atoms with Crippen LogP contribution in [-0.4, -0.2) is 17.3 Å². The molecular formula is C15H22O2. The van der Waals surface area contributed by atoms with Crippen molar-refractivity contribution in [2.75, 3.05) is 0 Å². The zero-order chi connectivity index (χ0) is 12.5. The number of rotatable bonds is 2. The largest absolute Gasteiger partial charge is 0.488 e. The van der Waals surface area contributed by atoms with E-state index in [4.69, 9.17) is 4.74 Å². The molecule has 94 valence electrons. The monoisotopic (exact) mass is 234 g/mol. The standard InChI is InChI=1S/C15H22O2/c1-15(2,3)11-7-9-12(10-8-11)17-14-6-4-5-13(14)16/h7-10,13-14,16H,4-6H2,1-3H3. The predicted octanol–water partition coefficient (Wildman–Crippen LogP) is 3.28. The van der Waals surface area contributed by atoms with Crippen LogP contribution in [0, 0.1) is 0 Å². The number of benzene rings is 1. The van der Waals surface area contributed by atoms with Crippen molar-refractivity contribution >= 4 is 0 Å². The van der Waals surface area contributed by atoms with E-state index in [1.165, 1.54) is 5.56 Å². The fourth-order valence-electron chi connectivity index (χ4n) is 2.25. The molecule has 1 aromatic rings. The Labute approximate surface area is 104 Å². The molecule has 0 saturated heterocycles. The molecule has 0 aliphatic heterocycles. The van der Waals surface area contributed by atoms with Crippen LogP contribution in [-0.2, 0) is 5.41 Å². The van der Waals surface area contributed by atoms with Crippen molar-refractivity contribution in [1.82, 2.24) is 0 Å². The first-order chi connectivity index (χ1) is 7.97. The third-order valence-corrected chi connectivity index (χ3v) is 3.43. The van der Waals surface area contributed by atoms with Crippen molar-refractivity contribution in [3.63, 3.8) is 0 Å². The fraction of sp³-hybridized carbons (Fsp3) is 0.600. The molecule has 0 heterocycles. The van der Waals surface area contributed by atoms with Crippen LogP contribution in [0.3, 0.4) is 0 Å². The zero-order valence-electron chi connectivity index (χ0n) is 10.9. The molecule has 0 aromatic heterocycles. The van der Waals surface area contributed by atoms with E-state index in [0.717, 1.165) is 25.0 Å². The highest BCUT2D eigenvalue weighted by molar-refractivity contribution is 5.31. The highest BCUT2D eigenvalue weighted by Crippen LogP contribution is 2.27. The van der Waals surface area contributed by atoms with Crippen molar-refractivity contribution in [2.24, 2.45) is 0 Å². The van der Waals surface area contributed by atoms with Crippen LogP contribution in [0.5, 0.6) is 5.75 Å². The predicted molar refractivity (Wildman–Crippen MR) is 69.4 cm³/mol. The SMILES string of the molecule is CC(C)(C)c1ccc(OC2CCCC2O)cc1. The third kappa shape index (κ3) is 3.01. The Morgan fingerprint density at radius 1 is 1.12 bits per heavy atom. The third-order valence-electron chi connectivity index (χ3n) is 3.43. The van der Waals surface area contributed by atoms with Crippen LogP contribution in [0.2, 0.25) is 0 Å². The second-order valence-electron chi connectivity index (χ2n) is 5.93. The molecule has 2 heteroatoms. The maximum absolute atomic E-state index is 9.71. The van der Waals surface area contributed by atoms with E-state index in [9.17, 15) is 5.11 Å². The molecule has 0 bridgehead atoms. The lowest BCUT2D eigenvalue weighted by Gasteiger charge is -2.21. The molecule has 1 fully saturated rings. The molecule has 1 N–H and O–H groups in total. The quantitative estimate of drug-likeness (QED) is 0.851. The van der Waals surface area contributed by atoms with Crippen molar-refractivity contribution in [3.8, 4) is 5.75 Å². The molecule has 2 rings (SSSR count). The Balaban J connectivity index is 2.03. The lowest BCUT2D eigenvalue weighted by Crippen LogP contribution is -2.25. The van der Waals surface area contributed by atoms with Gasteiger partial charge in [-0.2, -0.15) is 0 Å². The summed E-state index contributed by atoms with van der Waals surface area (Å²) in [7, 11) is 0. The normalized spacial score (nSPS) is 24.9. The molecule has 0 radical (unpaired) electrons. The molecule has 1 aliphatic carbocycles. The Hall–Kier alpha value is -1.02. The molecule has 1 saturated carbocycles. The molecule has 0 spiro atoms. The van der Waals surface area contributed by atoms with Gasteiger partial charge in [0.25, 0.3) is 0 Å². The smallest absolute Gasteiger partial charge is 0.124 e. The average Bonchev–Trinajstić information content (AvgIpc) is 2.64. The summed E-state index contributed by atoms with van der Waals surface area (Å²) in [5.74, 6) is 0.865. The van der Waals surface area contributed by atoms with Gasteiger partial charge in [-0.3, -0.25) is 0 Å². The lowest BCUT2D eigenvalue weighted by atomic mass is 9.87. The Morgan fingerprint density at radius 3 is 2.24 bits per heavy atom. The summed E-state index contributed by atoms with van der Waals surface area (Å²) < 4.78 is 5.81. The molecule has 2 nitrogen and oxygen atoms in total. The summed E-state index contributed by atoms with van der Waals surface area (Å²) in [6, 6.07) is 8.23. The van der Waals surface area contributed by atoms with Gasteiger partial charge in [-0.05, 0) is 42.4 Å². The number of aliphatic hydroxyl groups is 1. The minimum atomic E-state index is -0.294. The minimum Gasteiger partial charge on any atom is -0.488 e. The second kappa shape index (κ2) is 4.69. The first kappa shape index (κ1) is 12.4. The van der Waals surface area contributed by atoms with Gasteiger partial charge >= 0.3 is 0 Å². The maximum Gasteiger partial charge on any atom is 0.124 e. The van der Waals surface area contributed by atoms with E-state index in [1.807, 2.05) is 12.1 Å². The highest BCUT2D eigenvalue weighted by Gasteiger charge is 2.26. The minimum absolute atomic E-state index is 0.0181. The molecule has 17 heavy (non-hydrogen) atoms. The lowest BCUT2D eigenvalue weighted by molar-refractivity contribution is 0.0604. The van der Waals surface area contributed by atoms with Gasteiger partial charge < -0.3 is 9.84 Å². The van der Waals surface area contributed by atoms with Gasteiger partial charge in [0.1, 0.15) is 11.9 Å². The van der Waals surface area contributed by atoms with Gasteiger partial charge in [-0.15, -0.1) is 0 Å². The average molecular weight is 234 g/mol. The van der Waals surface area contributed by atoms with Crippen LogP contribution < -0.4 is 4.74 Å². The van der Waals surface area contributed by atoms with Gasteiger partial charge in [0.05, 0.1) is 6.10 Å². The molecule has 0 amide bonds. The van der Waals surface area contributed by atoms with Gasteiger partial charge in [0, 0.05) is 0 Å². The summed E-state index contributed by atoms with van der Waals surface area (Å²) in [6.45, 7) is 6.59. The number of hydrogen-bond donors (Lipinski definition) is 1. The topological polar surface area (TPSA) is 29.5 Å².